The first-order chi connectivity index (χ1) is 7.50. The fourth-order valence-electron chi connectivity index (χ4n) is 1.87. The van der Waals surface area contributed by atoms with Crippen molar-refractivity contribution in [3.63, 3.8) is 0 Å². The van der Waals surface area contributed by atoms with Crippen LogP contribution in [0.25, 0.3) is 10.9 Å². The zero-order valence-electron chi connectivity index (χ0n) is 9.11. The van der Waals surface area contributed by atoms with Crippen molar-refractivity contribution in [1.29, 1.82) is 0 Å². The predicted octanol–water partition coefficient (Wildman–Crippen LogP) is 2.23. The van der Waals surface area contributed by atoms with Gasteiger partial charge in [-0.15, -0.1) is 0 Å². The predicted molar refractivity (Wildman–Crippen MR) is 60.6 cm³/mol. The van der Waals surface area contributed by atoms with Crippen molar-refractivity contribution < 1.29 is 15.0 Å². The molecule has 16 heavy (non-hydrogen) atoms. The Balaban J connectivity index is 2.82. The second kappa shape index (κ2) is 3.64. The van der Waals surface area contributed by atoms with Crippen LogP contribution in [0.2, 0.25) is 0 Å². The van der Waals surface area contributed by atoms with Crippen LogP contribution in [0.1, 0.15) is 34.6 Å². The molecular weight excluding hydrogens is 206 g/mol. The Bertz CT molecular complexity index is 555. The Labute approximate surface area is 92.5 Å². The Morgan fingerprint density at radius 3 is 2.69 bits per heavy atom. The molecule has 1 aromatic heterocycles. The molecule has 1 heterocycles. The summed E-state index contributed by atoms with van der Waals surface area (Å²) < 4.78 is 0. The fourth-order valence-corrected chi connectivity index (χ4v) is 1.87. The van der Waals surface area contributed by atoms with Crippen LogP contribution in [0.3, 0.4) is 0 Å². The molecule has 84 valence electrons. The standard InChI is InChI=1S/C12H13NO3/c1-6-3-4-9-8(5-6)10(12(15)16)11(13-9)7(2)14/h3-5,7,13-14H,1-2H3,(H,15,16). The lowest BCUT2D eigenvalue weighted by molar-refractivity contribution is 0.0692. The lowest BCUT2D eigenvalue weighted by Gasteiger charge is -2.02. The number of hydrogen-bond donors (Lipinski definition) is 3. The van der Waals surface area contributed by atoms with Gasteiger partial charge in [0.15, 0.2) is 0 Å². The maximum atomic E-state index is 11.2. The summed E-state index contributed by atoms with van der Waals surface area (Å²) in [4.78, 5) is 14.1. The summed E-state index contributed by atoms with van der Waals surface area (Å²) in [6, 6.07) is 5.53. The first-order valence-corrected chi connectivity index (χ1v) is 5.04. The molecule has 0 bridgehead atoms. The van der Waals surface area contributed by atoms with Gasteiger partial charge in [-0.1, -0.05) is 11.6 Å². The molecule has 0 saturated heterocycles. The van der Waals surface area contributed by atoms with Crippen LogP contribution < -0.4 is 0 Å². The highest BCUT2D eigenvalue weighted by molar-refractivity contribution is 6.05. The minimum Gasteiger partial charge on any atom is -0.478 e. The average Bonchev–Trinajstić information content (AvgIpc) is 2.55. The number of rotatable bonds is 2. The van der Waals surface area contributed by atoms with Crippen molar-refractivity contribution in [3.8, 4) is 0 Å². The molecule has 0 aliphatic rings. The number of aliphatic hydroxyl groups excluding tert-OH is 1. The molecule has 0 aliphatic heterocycles. The summed E-state index contributed by atoms with van der Waals surface area (Å²) in [6.45, 7) is 3.45. The first-order valence-electron chi connectivity index (χ1n) is 5.04. The smallest absolute Gasteiger partial charge is 0.338 e. The van der Waals surface area contributed by atoms with Gasteiger partial charge in [-0.25, -0.2) is 4.79 Å². The summed E-state index contributed by atoms with van der Waals surface area (Å²) in [5.41, 5.74) is 2.24. The van der Waals surface area contributed by atoms with E-state index in [1.54, 1.807) is 13.0 Å². The summed E-state index contributed by atoms with van der Waals surface area (Å²) in [6.07, 6.45) is -0.821. The molecule has 2 rings (SSSR count). The molecule has 2 aromatic rings. The van der Waals surface area contributed by atoms with E-state index in [0.29, 0.717) is 11.1 Å². The number of hydrogen-bond acceptors (Lipinski definition) is 2. The topological polar surface area (TPSA) is 73.3 Å². The summed E-state index contributed by atoms with van der Waals surface area (Å²) >= 11 is 0. The second-order valence-electron chi connectivity index (χ2n) is 3.94. The van der Waals surface area contributed by atoms with Crippen LogP contribution >= 0.6 is 0 Å². The second-order valence-corrected chi connectivity index (χ2v) is 3.94. The number of carboxylic acid groups (broad SMARTS) is 1. The van der Waals surface area contributed by atoms with Gasteiger partial charge in [-0.05, 0) is 26.0 Å². The van der Waals surface area contributed by atoms with Gasteiger partial charge in [-0.3, -0.25) is 0 Å². The Morgan fingerprint density at radius 1 is 1.44 bits per heavy atom. The van der Waals surface area contributed by atoms with Crippen molar-refractivity contribution in [3.05, 3.63) is 35.0 Å². The normalized spacial score (nSPS) is 12.9. The largest absolute Gasteiger partial charge is 0.478 e. The highest BCUT2D eigenvalue weighted by Gasteiger charge is 2.20. The molecule has 0 fully saturated rings. The minimum atomic E-state index is -1.02. The van der Waals surface area contributed by atoms with Gasteiger partial charge >= 0.3 is 5.97 Å². The number of aliphatic hydroxyl groups is 1. The number of carboxylic acids is 1. The molecule has 1 atom stereocenters. The van der Waals surface area contributed by atoms with Crippen molar-refractivity contribution in [2.24, 2.45) is 0 Å². The molecule has 3 N–H and O–H groups in total. The van der Waals surface area contributed by atoms with Gasteiger partial charge in [0.2, 0.25) is 0 Å². The van der Waals surface area contributed by atoms with E-state index in [0.717, 1.165) is 11.1 Å². The van der Waals surface area contributed by atoms with E-state index in [4.69, 9.17) is 5.11 Å². The highest BCUT2D eigenvalue weighted by atomic mass is 16.4. The van der Waals surface area contributed by atoms with E-state index in [-0.39, 0.29) is 5.56 Å². The minimum absolute atomic E-state index is 0.161. The third kappa shape index (κ3) is 1.57. The van der Waals surface area contributed by atoms with E-state index in [1.807, 2.05) is 19.1 Å². The molecule has 0 spiro atoms. The van der Waals surface area contributed by atoms with Crippen LogP contribution in [0.15, 0.2) is 18.2 Å². The average molecular weight is 219 g/mol. The lowest BCUT2D eigenvalue weighted by Crippen LogP contribution is -2.03. The summed E-state index contributed by atoms with van der Waals surface area (Å²) in [7, 11) is 0. The van der Waals surface area contributed by atoms with Crippen LogP contribution in [0, 0.1) is 6.92 Å². The summed E-state index contributed by atoms with van der Waals surface area (Å²) in [5, 5.41) is 19.3. The third-order valence-corrected chi connectivity index (χ3v) is 2.61. The van der Waals surface area contributed by atoms with Gasteiger partial charge in [0, 0.05) is 10.9 Å². The molecule has 1 aromatic carbocycles. The van der Waals surface area contributed by atoms with E-state index in [1.165, 1.54) is 0 Å². The Morgan fingerprint density at radius 2 is 2.12 bits per heavy atom. The summed E-state index contributed by atoms with van der Waals surface area (Å²) in [5.74, 6) is -1.02. The van der Waals surface area contributed by atoms with E-state index in [2.05, 4.69) is 4.98 Å². The van der Waals surface area contributed by atoms with Gasteiger partial charge in [0.05, 0.1) is 17.4 Å². The van der Waals surface area contributed by atoms with E-state index >= 15 is 0 Å². The molecule has 0 radical (unpaired) electrons. The van der Waals surface area contributed by atoms with E-state index < -0.39 is 12.1 Å². The van der Waals surface area contributed by atoms with Crippen molar-refractivity contribution in [1.82, 2.24) is 4.98 Å². The Hall–Kier alpha value is -1.81. The lowest BCUT2D eigenvalue weighted by atomic mass is 10.1. The number of fused-ring (bicyclic) bond motifs is 1. The van der Waals surface area contributed by atoms with Crippen molar-refractivity contribution in [2.45, 2.75) is 20.0 Å². The molecule has 0 saturated carbocycles. The molecular formula is C12H13NO3. The molecule has 4 nitrogen and oxygen atoms in total. The monoisotopic (exact) mass is 219 g/mol. The number of aromatic carboxylic acids is 1. The van der Waals surface area contributed by atoms with Crippen LogP contribution in [0.4, 0.5) is 0 Å². The number of carbonyl (C=O) groups is 1. The van der Waals surface area contributed by atoms with Gasteiger partial charge in [0.25, 0.3) is 0 Å². The zero-order chi connectivity index (χ0) is 11.9. The molecule has 4 heteroatoms. The van der Waals surface area contributed by atoms with Gasteiger partial charge in [-0.2, -0.15) is 0 Å². The fraction of sp³-hybridized carbons (Fsp3) is 0.250. The first kappa shape index (κ1) is 10.7. The number of nitrogens with one attached hydrogen (secondary N) is 1. The molecule has 0 aliphatic carbocycles. The van der Waals surface area contributed by atoms with Crippen molar-refractivity contribution >= 4 is 16.9 Å². The number of aryl methyl sites for hydroxylation is 1. The van der Waals surface area contributed by atoms with Crippen molar-refractivity contribution in [2.75, 3.05) is 0 Å². The zero-order valence-corrected chi connectivity index (χ0v) is 9.11. The van der Waals surface area contributed by atoms with E-state index in [9.17, 15) is 9.90 Å². The molecule has 1 unspecified atom stereocenters. The number of aromatic amines is 1. The molecule has 0 amide bonds. The van der Waals surface area contributed by atoms with Gasteiger partial charge in [0.1, 0.15) is 0 Å². The maximum Gasteiger partial charge on any atom is 0.338 e. The third-order valence-electron chi connectivity index (χ3n) is 2.61. The van der Waals surface area contributed by atoms with Crippen LogP contribution in [-0.4, -0.2) is 21.2 Å². The van der Waals surface area contributed by atoms with Gasteiger partial charge < -0.3 is 15.2 Å². The Kier molecular flexibility index (Phi) is 2.44. The quantitative estimate of drug-likeness (QED) is 0.725. The number of benzene rings is 1. The SMILES string of the molecule is Cc1ccc2[nH]c(C(C)O)c(C(=O)O)c2c1. The maximum absolute atomic E-state index is 11.2. The number of H-pyrrole nitrogens is 1. The van der Waals surface area contributed by atoms with Crippen LogP contribution in [-0.2, 0) is 0 Å². The number of aromatic nitrogens is 1. The van der Waals surface area contributed by atoms with Crippen LogP contribution in [0.5, 0.6) is 0 Å². The highest BCUT2D eigenvalue weighted by Crippen LogP contribution is 2.27.